The molecule has 3 aromatic rings. The van der Waals surface area contributed by atoms with E-state index in [-0.39, 0.29) is 12.6 Å². The number of benzene rings is 2. The average Bonchev–Trinajstić information content (AvgIpc) is 3.15. The first kappa shape index (κ1) is 16.4. The highest BCUT2D eigenvalue weighted by atomic mass is 16.6. The molecular weight excluding hydrogens is 320 g/mol. The second kappa shape index (κ2) is 7.92. The topological polar surface area (TPSA) is 73.9 Å². The molecule has 0 aliphatic carbocycles. The molecule has 0 radical (unpaired) electrons. The minimum atomic E-state index is -0.375. The van der Waals surface area contributed by atoms with Gasteiger partial charge in [-0.25, -0.2) is 9.78 Å². The first-order valence-corrected chi connectivity index (χ1v) is 7.60. The third-order valence-corrected chi connectivity index (χ3v) is 3.39. The highest BCUT2D eigenvalue weighted by Gasteiger charge is 2.06. The summed E-state index contributed by atoms with van der Waals surface area (Å²) < 4.78 is 10.1. The predicted molar refractivity (Wildman–Crippen MR) is 92.1 cm³/mol. The molecule has 2 aromatic carbocycles. The van der Waals surface area contributed by atoms with Gasteiger partial charge in [0.15, 0.2) is 6.61 Å². The number of nitrogens with zero attached hydrogens (tertiary/aromatic N) is 2. The Morgan fingerprint density at radius 3 is 2.64 bits per heavy atom. The number of aromatic nitrogens is 1. The van der Waals surface area contributed by atoms with Gasteiger partial charge in [-0.2, -0.15) is 0 Å². The van der Waals surface area contributed by atoms with Crippen LogP contribution in [-0.2, 0) is 16.2 Å². The van der Waals surface area contributed by atoms with Gasteiger partial charge in [-0.1, -0.05) is 35.5 Å². The molecule has 0 aliphatic rings. The van der Waals surface area contributed by atoms with Crippen molar-refractivity contribution in [2.24, 2.45) is 5.16 Å². The summed E-state index contributed by atoms with van der Waals surface area (Å²) in [6, 6.07) is 16.5. The Hall–Kier alpha value is -3.41. The fraction of sp³-hybridized carbons (Fsp3) is 0.105. The van der Waals surface area contributed by atoms with Crippen molar-refractivity contribution in [1.82, 2.24) is 4.98 Å². The van der Waals surface area contributed by atoms with Crippen LogP contribution in [0.25, 0.3) is 11.5 Å². The van der Waals surface area contributed by atoms with Crippen LogP contribution in [0.15, 0.2) is 70.4 Å². The van der Waals surface area contributed by atoms with Gasteiger partial charge in [-0.05, 0) is 29.8 Å². The number of hydrogen-bond donors (Lipinski definition) is 0. The van der Waals surface area contributed by atoms with Crippen LogP contribution in [0.4, 0.5) is 0 Å². The van der Waals surface area contributed by atoms with Gasteiger partial charge in [0.05, 0.1) is 18.9 Å². The quantitative estimate of drug-likeness (QED) is 0.390. The number of hydrogen-bond acceptors (Lipinski definition) is 6. The van der Waals surface area contributed by atoms with E-state index in [4.69, 9.17) is 9.25 Å². The van der Waals surface area contributed by atoms with Crippen molar-refractivity contribution in [1.29, 1.82) is 0 Å². The molecule has 0 atom stereocenters. The second-order valence-electron chi connectivity index (χ2n) is 5.13. The summed E-state index contributed by atoms with van der Waals surface area (Å²) in [5.74, 6) is 0.168. The number of carbonyl (C=O) groups is 1. The first-order chi connectivity index (χ1) is 12.3. The third kappa shape index (κ3) is 4.32. The summed E-state index contributed by atoms with van der Waals surface area (Å²) in [5, 5.41) is 3.89. The number of rotatable bonds is 6. The molecule has 3 rings (SSSR count). The highest BCUT2D eigenvalue weighted by molar-refractivity contribution is 5.90. The molecule has 0 amide bonds. The lowest BCUT2D eigenvalue weighted by Crippen LogP contribution is -2.00. The maximum atomic E-state index is 11.4. The van der Waals surface area contributed by atoms with Crippen molar-refractivity contribution >= 4 is 12.2 Å². The van der Waals surface area contributed by atoms with Crippen molar-refractivity contribution in [2.75, 3.05) is 7.11 Å². The molecule has 0 bridgehead atoms. The molecule has 126 valence electrons. The molecule has 0 fully saturated rings. The number of ether oxygens (including phenoxy) is 1. The van der Waals surface area contributed by atoms with Gasteiger partial charge in [-0.15, -0.1) is 0 Å². The largest absolute Gasteiger partial charge is 0.465 e. The molecule has 6 nitrogen and oxygen atoms in total. The van der Waals surface area contributed by atoms with Crippen molar-refractivity contribution in [3.63, 3.8) is 0 Å². The van der Waals surface area contributed by atoms with Gasteiger partial charge in [0, 0.05) is 5.56 Å². The van der Waals surface area contributed by atoms with Crippen molar-refractivity contribution < 1.29 is 18.8 Å². The Morgan fingerprint density at radius 1 is 1.16 bits per heavy atom. The fourth-order valence-electron chi connectivity index (χ4n) is 2.11. The summed E-state index contributed by atoms with van der Waals surface area (Å²) in [6.07, 6.45) is 3.10. The van der Waals surface area contributed by atoms with E-state index >= 15 is 0 Å². The van der Waals surface area contributed by atoms with E-state index in [1.165, 1.54) is 7.11 Å². The van der Waals surface area contributed by atoms with Gasteiger partial charge in [0.25, 0.3) is 0 Å². The summed E-state index contributed by atoms with van der Waals surface area (Å²) >= 11 is 0. The lowest BCUT2D eigenvalue weighted by molar-refractivity contribution is 0.0600. The SMILES string of the molecule is COC(=O)c1ccc(/C=N/OCc2coc(-c3ccccc3)n2)cc1. The summed E-state index contributed by atoms with van der Waals surface area (Å²) in [4.78, 5) is 20.9. The van der Waals surface area contributed by atoms with Gasteiger partial charge in [-0.3, -0.25) is 0 Å². The first-order valence-electron chi connectivity index (χ1n) is 7.60. The van der Waals surface area contributed by atoms with Crippen LogP contribution in [0, 0.1) is 0 Å². The number of methoxy groups -OCH3 is 1. The van der Waals surface area contributed by atoms with Gasteiger partial charge < -0.3 is 14.0 Å². The monoisotopic (exact) mass is 336 g/mol. The van der Waals surface area contributed by atoms with Crippen molar-refractivity contribution in [3.05, 3.63) is 77.7 Å². The van der Waals surface area contributed by atoms with E-state index in [1.807, 2.05) is 30.3 Å². The van der Waals surface area contributed by atoms with Crippen molar-refractivity contribution in [2.45, 2.75) is 6.61 Å². The van der Waals surface area contributed by atoms with E-state index in [9.17, 15) is 4.79 Å². The van der Waals surface area contributed by atoms with E-state index < -0.39 is 0 Å². The van der Waals surface area contributed by atoms with Crippen LogP contribution in [0.3, 0.4) is 0 Å². The fourth-order valence-corrected chi connectivity index (χ4v) is 2.11. The third-order valence-electron chi connectivity index (χ3n) is 3.39. The second-order valence-corrected chi connectivity index (χ2v) is 5.13. The Morgan fingerprint density at radius 2 is 1.92 bits per heavy atom. The predicted octanol–water partition coefficient (Wildman–Crippen LogP) is 3.68. The van der Waals surface area contributed by atoms with Gasteiger partial charge in [0.1, 0.15) is 12.0 Å². The summed E-state index contributed by atoms with van der Waals surface area (Å²) in [6.45, 7) is 0.201. The van der Waals surface area contributed by atoms with Crippen LogP contribution >= 0.6 is 0 Å². The number of oxazole rings is 1. The smallest absolute Gasteiger partial charge is 0.337 e. The van der Waals surface area contributed by atoms with E-state index in [0.29, 0.717) is 17.1 Å². The van der Waals surface area contributed by atoms with Gasteiger partial charge in [0.2, 0.25) is 5.89 Å². The lowest BCUT2D eigenvalue weighted by atomic mass is 10.1. The van der Waals surface area contributed by atoms with E-state index in [1.54, 1.807) is 36.7 Å². The zero-order valence-corrected chi connectivity index (χ0v) is 13.6. The van der Waals surface area contributed by atoms with Gasteiger partial charge >= 0.3 is 5.97 Å². The van der Waals surface area contributed by atoms with E-state index in [0.717, 1.165) is 11.1 Å². The Kier molecular flexibility index (Phi) is 5.21. The van der Waals surface area contributed by atoms with Crippen molar-refractivity contribution in [3.8, 4) is 11.5 Å². The van der Waals surface area contributed by atoms with Crippen LogP contribution in [0.2, 0.25) is 0 Å². The zero-order valence-electron chi connectivity index (χ0n) is 13.6. The van der Waals surface area contributed by atoms with E-state index in [2.05, 4.69) is 14.9 Å². The van der Waals surface area contributed by atoms with Crippen LogP contribution in [-0.4, -0.2) is 24.3 Å². The number of oxime groups is 1. The lowest BCUT2D eigenvalue weighted by Gasteiger charge is -1.99. The standard InChI is InChI=1S/C19H16N2O4/c1-23-19(22)16-9-7-14(8-10-16)11-20-25-13-17-12-24-18(21-17)15-5-3-2-4-6-15/h2-12H,13H2,1H3/b20-11+. The highest BCUT2D eigenvalue weighted by Crippen LogP contribution is 2.18. The molecular formula is C19H16N2O4. The molecule has 0 unspecified atom stereocenters. The normalized spacial score (nSPS) is 10.8. The molecule has 0 N–H and O–H groups in total. The molecule has 0 saturated carbocycles. The van der Waals surface area contributed by atoms with Crippen LogP contribution in [0.5, 0.6) is 0 Å². The maximum absolute atomic E-state index is 11.4. The summed E-state index contributed by atoms with van der Waals surface area (Å²) in [7, 11) is 1.35. The maximum Gasteiger partial charge on any atom is 0.337 e. The Balaban J connectivity index is 1.53. The minimum absolute atomic E-state index is 0.201. The average molecular weight is 336 g/mol. The molecule has 1 aromatic heterocycles. The van der Waals surface area contributed by atoms with Crippen LogP contribution in [0.1, 0.15) is 21.6 Å². The molecule has 0 spiro atoms. The van der Waals surface area contributed by atoms with Crippen LogP contribution < -0.4 is 0 Å². The summed E-state index contributed by atoms with van der Waals surface area (Å²) in [5.41, 5.74) is 2.84. The molecule has 25 heavy (non-hydrogen) atoms. The number of esters is 1. The number of carbonyl (C=O) groups excluding carboxylic acids is 1. The molecule has 0 aliphatic heterocycles. The zero-order chi connectivity index (χ0) is 17.5. The Labute approximate surface area is 144 Å². The molecule has 1 heterocycles. The Bertz CT molecular complexity index is 855. The molecule has 0 saturated heterocycles. The minimum Gasteiger partial charge on any atom is -0.465 e. The molecule has 6 heteroatoms.